The van der Waals surface area contributed by atoms with Gasteiger partial charge in [0, 0.05) is 12.5 Å². The summed E-state index contributed by atoms with van der Waals surface area (Å²) in [6, 6.07) is 12.5. The molecule has 0 fully saturated rings. The van der Waals surface area contributed by atoms with E-state index in [4.69, 9.17) is 9.47 Å². The van der Waals surface area contributed by atoms with E-state index < -0.39 is 5.97 Å². The number of para-hydroxylation sites is 1. The fourth-order valence-electron chi connectivity index (χ4n) is 1.99. The van der Waals surface area contributed by atoms with Crippen LogP contribution < -0.4 is 14.9 Å². The predicted octanol–water partition coefficient (Wildman–Crippen LogP) is 2.76. The third kappa shape index (κ3) is 5.76. The van der Waals surface area contributed by atoms with Crippen molar-refractivity contribution >= 4 is 18.1 Å². The molecule has 0 aromatic heterocycles. The normalized spacial score (nSPS) is 10.5. The van der Waals surface area contributed by atoms with Gasteiger partial charge in [-0.25, -0.2) is 5.43 Å². The van der Waals surface area contributed by atoms with Crippen molar-refractivity contribution in [2.75, 3.05) is 6.61 Å². The van der Waals surface area contributed by atoms with E-state index in [1.807, 2.05) is 32.0 Å². The zero-order valence-electron chi connectivity index (χ0n) is 14.4. The summed E-state index contributed by atoms with van der Waals surface area (Å²) < 4.78 is 10.5. The van der Waals surface area contributed by atoms with Gasteiger partial charge in [0.15, 0.2) is 6.61 Å². The Balaban J connectivity index is 1.88. The van der Waals surface area contributed by atoms with Crippen LogP contribution in [0.2, 0.25) is 0 Å². The zero-order valence-corrected chi connectivity index (χ0v) is 14.4. The first-order valence-electron chi connectivity index (χ1n) is 7.75. The fraction of sp³-hybridized carbons (Fsp3) is 0.211. The number of hydrogen-bond acceptors (Lipinski definition) is 5. The molecule has 1 N–H and O–H groups in total. The maximum Gasteiger partial charge on any atom is 0.308 e. The molecule has 0 atom stereocenters. The second kappa shape index (κ2) is 8.63. The molecule has 0 aliphatic heterocycles. The van der Waals surface area contributed by atoms with Crippen molar-refractivity contribution in [3.05, 3.63) is 59.2 Å². The van der Waals surface area contributed by atoms with Gasteiger partial charge in [-0.15, -0.1) is 0 Å². The minimum Gasteiger partial charge on any atom is -0.484 e. The van der Waals surface area contributed by atoms with Crippen LogP contribution in [0.4, 0.5) is 0 Å². The highest BCUT2D eigenvalue weighted by molar-refractivity contribution is 5.86. The maximum absolute atomic E-state index is 11.8. The Morgan fingerprint density at radius 3 is 2.60 bits per heavy atom. The molecule has 25 heavy (non-hydrogen) atoms. The van der Waals surface area contributed by atoms with E-state index in [-0.39, 0.29) is 12.5 Å². The van der Waals surface area contributed by atoms with Crippen molar-refractivity contribution in [2.24, 2.45) is 5.10 Å². The van der Waals surface area contributed by atoms with Crippen molar-refractivity contribution < 1.29 is 19.1 Å². The molecule has 2 aromatic rings. The van der Waals surface area contributed by atoms with Crippen LogP contribution in [-0.2, 0) is 9.59 Å². The molecule has 0 aliphatic rings. The summed E-state index contributed by atoms with van der Waals surface area (Å²) in [6.45, 7) is 5.16. The second-order valence-corrected chi connectivity index (χ2v) is 5.46. The number of carbonyl (C=O) groups excluding carboxylic acids is 2. The van der Waals surface area contributed by atoms with E-state index in [1.54, 1.807) is 24.3 Å². The molecule has 130 valence electrons. The standard InChI is InChI=1S/C19H20N2O4/c1-13-8-9-17(10-14(13)2)24-12-19(23)21-20-11-16-6-4-5-7-18(16)25-15(3)22/h4-11H,12H2,1-3H3,(H,21,23)/b20-11-. The Morgan fingerprint density at radius 2 is 1.88 bits per heavy atom. The molecule has 1 amide bonds. The Hall–Kier alpha value is -3.15. The molecule has 6 heteroatoms. The molecule has 2 aromatic carbocycles. The van der Waals surface area contributed by atoms with Crippen LogP contribution in [0.1, 0.15) is 23.6 Å². The number of rotatable bonds is 6. The number of hydrazone groups is 1. The van der Waals surface area contributed by atoms with Gasteiger partial charge >= 0.3 is 5.97 Å². The number of ether oxygens (including phenoxy) is 2. The minimum absolute atomic E-state index is 0.147. The first-order chi connectivity index (χ1) is 12.0. The van der Waals surface area contributed by atoms with Crippen LogP contribution >= 0.6 is 0 Å². The highest BCUT2D eigenvalue weighted by Crippen LogP contribution is 2.17. The van der Waals surface area contributed by atoms with Gasteiger partial charge in [-0.3, -0.25) is 9.59 Å². The molecule has 0 radical (unpaired) electrons. The number of carbonyl (C=O) groups is 2. The van der Waals surface area contributed by atoms with Gasteiger partial charge in [0.25, 0.3) is 5.91 Å². The Labute approximate surface area is 146 Å². The highest BCUT2D eigenvalue weighted by atomic mass is 16.5. The van der Waals surface area contributed by atoms with Crippen LogP contribution in [-0.4, -0.2) is 24.7 Å². The summed E-state index contributed by atoms with van der Waals surface area (Å²) in [4.78, 5) is 22.8. The number of amides is 1. The number of hydrogen-bond donors (Lipinski definition) is 1. The van der Waals surface area contributed by atoms with Crippen LogP contribution in [0.25, 0.3) is 0 Å². The molecule has 2 rings (SSSR count). The summed E-state index contributed by atoms with van der Waals surface area (Å²) in [6.07, 6.45) is 1.41. The van der Waals surface area contributed by atoms with Gasteiger partial charge in [-0.05, 0) is 49.2 Å². The van der Waals surface area contributed by atoms with Gasteiger partial charge in [0.2, 0.25) is 0 Å². The first kappa shape index (κ1) is 18.2. The summed E-state index contributed by atoms with van der Waals surface area (Å²) >= 11 is 0. The quantitative estimate of drug-likeness (QED) is 0.380. The molecule has 0 unspecified atom stereocenters. The largest absolute Gasteiger partial charge is 0.484 e. The van der Waals surface area contributed by atoms with Crippen molar-refractivity contribution in [1.29, 1.82) is 0 Å². The van der Waals surface area contributed by atoms with Crippen LogP contribution in [0.15, 0.2) is 47.6 Å². The number of esters is 1. The van der Waals surface area contributed by atoms with Gasteiger partial charge < -0.3 is 9.47 Å². The van der Waals surface area contributed by atoms with Crippen molar-refractivity contribution in [3.8, 4) is 11.5 Å². The molecule has 6 nitrogen and oxygen atoms in total. The summed E-state index contributed by atoms with van der Waals surface area (Å²) in [5, 5.41) is 3.86. The fourth-order valence-corrected chi connectivity index (χ4v) is 1.99. The van der Waals surface area contributed by atoms with E-state index in [2.05, 4.69) is 10.5 Å². The van der Waals surface area contributed by atoms with E-state index in [1.165, 1.54) is 13.1 Å². The van der Waals surface area contributed by atoms with Gasteiger partial charge in [-0.1, -0.05) is 18.2 Å². The molecule has 0 heterocycles. The average molecular weight is 340 g/mol. The van der Waals surface area contributed by atoms with Crippen LogP contribution in [0, 0.1) is 13.8 Å². The summed E-state index contributed by atoms with van der Waals surface area (Å²) in [7, 11) is 0. The minimum atomic E-state index is -0.424. The number of aryl methyl sites for hydroxylation is 2. The Kier molecular flexibility index (Phi) is 6.28. The van der Waals surface area contributed by atoms with E-state index >= 15 is 0 Å². The highest BCUT2D eigenvalue weighted by Gasteiger charge is 2.05. The van der Waals surface area contributed by atoms with Gasteiger partial charge in [0.1, 0.15) is 11.5 Å². The van der Waals surface area contributed by atoms with Crippen LogP contribution in [0.3, 0.4) is 0 Å². The van der Waals surface area contributed by atoms with Crippen molar-refractivity contribution in [1.82, 2.24) is 5.43 Å². The smallest absolute Gasteiger partial charge is 0.308 e. The zero-order chi connectivity index (χ0) is 18.2. The van der Waals surface area contributed by atoms with Gasteiger partial charge in [-0.2, -0.15) is 5.10 Å². The van der Waals surface area contributed by atoms with Crippen LogP contribution in [0.5, 0.6) is 11.5 Å². The molecule has 0 saturated heterocycles. The lowest BCUT2D eigenvalue weighted by Gasteiger charge is -2.07. The number of benzene rings is 2. The molecular weight excluding hydrogens is 320 g/mol. The molecule has 0 bridgehead atoms. The van der Waals surface area contributed by atoms with E-state index in [0.717, 1.165) is 11.1 Å². The molecular formula is C19H20N2O4. The summed E-state index contributed by atoms with van der Waals surface area (Å²) in [5.74, 6) is 0.188. The number of nitrogens with one attached hydrogen (secondary N) is 1. The third-order valence-corrected chi connectivity index (χ3v) is 3.41. The Morgan fingerprint density at radius 1 is 1.12 bits per heavy atom. The lowest BCUT2D eigenvalue weighted by atomic mass is 10.1. The third-order valence-electron chi connectivity index (χ3n) is 3.41. The van der Waals surface area contributed by atoms with Crippen molar-refractivity contribution in [2.45, 2.75) is 20.8 Å². The predicted molar refractivity (Wildman–Crippen MR) is 94.9 cm³/mol. The lowest BCUT2D eigenvalue weighted by molar-refractivity contribution is -0.132. The SMILES string of the molecule is CC(=O)Oc1ccccc1/C=N\NC(=O)COc1ccc(C)c(C)c1. The summed E-state index contributed by atoms with van der Waals surface area (Å²) in [5.41, 5.74) is 5.21. The average Bonchev–Trinajstić information content (AvgIpc) is 2.57. The molecule has 0 spiro atoms. The van der Waals surface area contributed by atoms with Gasteiger partial charge in [0.05, 0.1) is 6.21 Å². The second-order valence-electron chi connectivity index (χ2n) is 5.46. The first-order valence-corrected chi connectivity index (χ1v) is 7.75. The maximum atomic E-state index is 11.8. The lowest BCUT2D eigenvalue weighted by Crippen LogP contribution is -2.24. The topological polar surface area (TPSA) is 77.0 Å². The van der Waals surface area contributed by atoms with E-state index in [0.29, 0.717) is 17.1 Å². The Bertz CT molecular complexity index is 800. The monoisotopic (exact) mass is 340 g/mol. The number of nitrogens with zero attached hydrogens (tertiary/aromatic N) is 1. The van der Waals surface area contributed by atoms with E-state index in [9.17, 15) is 9.59 Å². The molecule has 0 aliphatic carbocycles. The molecule has 0 saturated carbocycles. The van der Waals surface area contributed by atoms with Crippen molar-refractivity contribution in [3.63, 3.8) is 0 Å².